The van der Waals surface area contributed by atoms with Crippen molar-refractivity contribution in [2.45, 2.75) is 64.8 Å². The number of aromatic nitrogens is 3. The normalized spacial score (nSPS) is 15.3. The van der Waals surface area contributed by atoms with Gasteiger partial charge in [-0.1, -0.05) is 20.3 Å². The van der Waals surface area contributed by atoms with Crippen molar-refractivity contribution in [1.29, 1.82) is 0 Å². The summed E-state index contributed by atoms with van der Waals surface area (Å²) >= 11 is 0. The van der Waals surface area contributed by atoms with E-state index in [2.05, 4.69) is 20.3 Å². The van der Waals surface area contributed by atoms with Gasteiger partial charge in [0.2, 0.25) is 5.88 Å². The number of aryl methyl sites for hydroxylation is 1. The van der Waals surface area contributed by atoms with Gasteiger partial charge in [-0.05, 0) is 55.8 Å². The molecule has 4 rings (SSSR count). The van der Waals surface area contributed by atoms with E-state index in [0.29, 0.717) is 43.0 Å². The van der Waals surface area contributed by atoms with Gasteiger partial charge in [-0.3, -0.25) is 14.8 Å². The van der Waals surface area contributed by atoms with Crippen LogP contribution in [-0.2, 0) is 9.59 Å². The molecule has 0 saturated carbocycles. The van der Waals surface area contributed by atoms with E-state index in [0.717, 1.165) is 34.2 Å². The smallest absolute Gasteiger partial charge is 0.326 e. The zero-order valence-corrected chi connectivity index (χ0v) is 20.2. The number of nitrogens with one attached hydrogen (secondary N) is 1. The van der Waals surface area contributed by atoms with Crippen LogP contribution in [0.5, 0.6) is 11.6 Å². The van der Waals surface area contributed by atoms with Crippen LogP contribution in [0, 0.1) is 6.92 Å². The average Bonchev–Trinajstić information content (AvgIpc) is 3.19. The van der Waals surface area contributed by atoms with E-state index in [9.17, 15) is 14.7 Å². The van der Waals surface area contributed by atoms with E-state index in [-0.39, 0.29) is 11.7 Å². The van der Waals surface area contributed by atoms with Crippen molar-refractivity contribution in [1.82, 2.24) is 20.3 Å². The number of carboxylic acid groups (broad SMARTS) is 1. The molecular weight excluding hydrogens is 444 g/mol. The first-order valence-corrected chi connectivity index (χ1v) is 12.0. The Kier molecular flexibility index (Phi) is 7.39. The third-order valence-electron chi connectivity index (χ3n) is 6.32. The summed E-state index contributed by atoms with van der Waals surface area (Å²) in [6, 6.07) is 6.55. The number of nitrogens with zero attached hydrogens (tertiary/aromatic N) is 3. The number of carbonyl (C=O) groups is 2. The molecule has 0 saturated heterocycles. The SMILES string of the molecule is CCCC1=C(NC(C(=O)O)C(CC)c2ccc(Oc3nc(C)cc4ccncc34)cn2)CCC1=O. The molecule has 0 aromatic carbocycles. The molecule has 2 unspecified atom stereocenters. The molecule has 2 N–H and O–H groups in total. The van der Waals surface area contributed by atoms with Gasteiger partial charge in [-0.25, -0.2) is 9.78 Å². The lowest BCUT2D eigenvalue weighted by atomic mass is 9.92. The van der Waals surface area contributed by atoms with Crippen molar-refractivity contribution in [2.75, 3.05) is 0 Å². The van der Waals surface area contributed by atoms with Crippen LogP contribution in [0.25, 0.3) is 10.8 Å². The monoisotopic (exact) mass is 474 g/mol. The standard InChI is InChI=1S/C27H30N4O4/c1-4-6-20-23(9-10-24(20)32)31-25(27(33)34)19(5-2)22-8-7-18(14-29-22)35-26-21-15-28-12-11-17(21)13-16(3)30-26/h7-8,11-15,19,25,31H,4-6,9-10H2,1-3H3,(H,33,34). The fourth-order valence-corrected chi connectivity index (χ4v) is 4.59. The molecule has 3 aromatic heterocycles. The second-order valence-electron chi connectivity index (χ2n) is 8.79. The summed E-state index contributed by atoms with van der Waals surface area (Å²) in [5.74, 6) is -0.292. The quantitative estimate of drug-likeness (QED) is 0.418. The van der Waals surface area contributed by atoms with Crippen LogP contribution in [0.4, 0.5) is 0 Å². The van der Waals surface area contributed by atoms with E-state index >= 15 is 0 Å². The Bertz CT molecular complexity index is 1270. The van der Waals surface area contributed by atoms with Crippen LogP contribution >= 0.6 is 0 Å². The van der Waals surface area contributed by atoms with E-state index in [1.807, 2.05) is 32.9 Å². The summed E-state index contributed by atoms with van der Waals surface area (Å²) in [5, 5.41) is 15.0. The molecule has 35 heavy (non-hydrogen) atoms. The Balaban J connectivity index is 1.57. The summed E-state index contributed by atoms with van der Waals surface area (Å²) in [4.78, 5) is 37.7. The Morgan fingerprint density at radius 3 is 2.71 bits per heavy atom. The Morgan fingerprint density at radius 2 is 2.03 bits per heavy atom. The number of ether oxygens (including phenoxy) is 1. The number of hydrogen-bond acceptors (Lipinski definition) is 7. The van der Waals surface area contributed by atoms with Gasteiger partial charge < -0.3 is 15.2 Å². The predicted octanol–water partition coefficient (Wildman–Crippen LogP) is 5.08. The topological polar surface area (TPSA) is 114 Å². The molecule has 0 bridgehead atoms. The Hall–Kier alpha value is -3.81. The summed E-state index contributed by atoms with van der Waals surface area (Å²) < 4.78 is 6.02. The zero-order valence-electron chi connectivity index (χ0n) is 20.2. The van der Waals surface area contributed by atoms with Crippen molar-refractivity contribution in [3.05, 3.63) is 65.5 Å². The predicted molar refractivity (Wildman–Crippen MR) is 132 cm³/mol. The third-order valence-corrected chi connectivity index (χ3v) is 6.32. The zero-order chi connectivity index (χ0) is 24.9. The molecule has 0 aliphatic heterocycles. The maximum absolute atomic E-state index is 12.2. The summed E-state index contributed by atoms with van der Waals surface area (Å²) in [6.07, 6.45) is 8.08. The van der Waals surface area contributed by atoms with E-state index < -0.39 is 12.0 Å². The molecule has 2 atom stereocenters. The lowest BCUT2D eigenvalue weighted by Crippen LogP contribution is -2.41. The number of carbonyl (C=O) groups excluding carboxylic acids is 1. The molecule has 0 radical (unpaired) electrons. The molecule has 8 heteroatoms. The van der Waals surface area contributed by atoms with Gasteiger partial charge in [0.05, 0.1) is 11.6 Å². The third kappa shape index (κ3) is 5.31. The highest BCUT2D eigenvalue weighted by Crippen LogP contribution is 2.31. The summed E-state index contributed by atoms with van der Waals surface area (Å²) in [7, 11) is 0. The van der Waals surface area contributed by atoms with Crippen LogP contribution in [0.15, 0.2) is 54.1 Å². The van der Waals surface area contributed by atoms with Crippen LogP contribution in [0.2, 0.25) is 0 Å². The number of carboxylic acids is 1. The summed E-state index contributed by atoms with van der Waals surface area (Å²) in [5.41, 5.74) is 2.96. The highest BCUT2D eigenvalue weighted by Gasteiger charge is 2.32. The van der Waals surface area contributed by atoms with Gasteiger partial charge in [0.25, 0.3) is 0 Å². The van der Waals surface area contributed by atoms with Crippen LogP contribution in [-0.4, -0.2) is 37.9 Å². The van der Waals surface area contributed by atoms with Crippen molar-refractivity contribution in [3.8, 4) is 11.6 Å². The van der Waals surface area contributed by atoms with Crippen molar-refractivity contribution in [3.63, 3.8) is 0 Å². The van der Waals surface area contributed by atoms with Gasteiger partial charge in [0.15, 0.2) is 5.78 Å². The van der Waals surface area contributed by atoms with Gasteiger partial charge in [0.1, 0.15) is 11.8 Å². The molecule has 0 amide bonds. The number of fused-ring (bicyclic) bond motifs is 1. The second kappa shape index (κ2) is 10.6. The van der Waals surface area contributed by atoms with E-state index in [1.54, 1.807) is 30.7 Å². The molecule has 1 aliphatic rings. The first kappa shape index (κ1) is 24.3. The fourth-order valence-electron chi connectivity index (χ4n) is 4.59. The first-order valence-electron chi connectivity index (χ1n) is 12.0. The van der Waals surface area contributed by atoms with Crippen LogP contribution in [0.1, 0.15) is 63.3 Å². The minimum atomic E-state index is -0.968. The second-order valence-corrected chi connectivity index (χ2v) is 8.79. The lowest BCUT2D eigenvalue weighted by molar-refractivity contribution is -0.140. The molecule has 0 spiro atoms. The number of ketones is 1. The minimum Gasteiger partial charge on any atom is -0.480 e. The number of allylic oxidation sites excluding steroid dienone is 2. The van der Waals surface area contributed by atoms with Gasteiger partial charge in [0, 0.05) is 47.4 Å². The van der Waals surface area contributed by atoms with Crippen LogP contribution in [0.3, 0.4) is 0 Å². The Labute approximate surface area is 204 Å². The molecule has 3 aromatic rings. The molecular formula is C27H30N4O4. The van der Waals surface area contributed by atoms with Crippen molar-refractivity contribution in [2.24, 2.45) is 0 Å². The molecule has 1 aliphatic carbocycles. The highest BCUT2D eigenvalue weighted by molar-refractivity contribution is 5.98. The van der Waals surface area contributed by atoms with Gasteiger partial charge in [-0.2, -0.15) is 0 Å². The first-order chi connectivity index (χ1) is 16.9. The molecule has 3 heterocycles. The Morgan fingerprint density at radius 1 is 1.20 bits per heavy atom. The van der Waals surface area contributed by atoms with Crippen molar-refractivity contribution < 1.29 is 19.4 Å². The number of hydrogen-bond donors (Lipinski definition) is 2. The van der Waals surface area contributed by atoms with E-state index in [4.69, 9.17) is 4.74 Å². The molecule has 182 valence electrons. The minimum absolute atomic E-state index is 0.110. The summed E-state index contributed by atoms with van der Waals surface area (Å²) in [6.45, 7) is 5.85. The largest absolute Gasteiger partial charge is 0.480 e. The van der Waals surface area contributed by atoms with Gasteiger partial charge in [-0.15, -0.1) is 0 Å². The lowest BCUT2D eigenvalue weighted by Gasteiger charge is -2.25. The number of aliphatic carboxylic acids is 1. The maximum atomic E-state index is 12.2. The molecule has 8 nitrogen and oxygen atoms in total. The van der Waals surface area contributed by atoms with Gasteiger partial charge >= 0.3 is 5.97 Å². The maximum Gasteiger partial charge on any atom is 0.326 e. The van der Waals surface area contributed by atoms with Crippen molar-refractivity contribution >= 4 is 22.5 Å². The fraction of sp³-hybridized carbons (Fsp3) is 0.370. The highest BCUT2D eigenvalue weighted by atomic mass is 16.5. The number of rotatable bonds is 10. The average molecular weight is 475 g/mol. The number of Topliss-reactive ketones (excluding diaryl/α,β-unsaturated/α-hetero) is 1. The molecule has 0 fully saturated rings. The van der Waals surface area contributed by atoms with E-state index in [1.165, 1.54) is 0 Å². The van der Waals surface area contributed by atoms with Crippen LogP contribution < -0.4 is 10.1 Å². The number of pyridine rings is 3.